The van der Waals surface area contributed by atoms with Gasteiger partial charge in [-0.25, -0.2) is 4.39 Å². The molecule has 0 aliphatic carbocycles. The maximum absolute atomic E-state index is 14.4. The molecule has 1 saturated heterocycles. The van der Waals surface area contributed by atoms with Crippen LogP contribution in [0.5, 0.6) is 0 Å². The molecule has 2 rings (SSSR count). The Bertz CT molecular complexity index is 691. The molecule has 3 nitrogen and oxygen atoms in total. The van der Waals surface area contributed by atoms with E-state index in [0.29, 0.717) is 48.4 Å². The van der Waals surface area contributed by atoms with Crippen molar-refractivity contribution in [2.45, 2.75) is 31.8 Å². The SMILES string of the molecule is CC(C)=CC(=O)N1CCN(c2cc(SCC(F)(F)F)c(C)cc2F)CC1. The second kappa shape index (κ2) is 8.33. The summed E-state index contributed by atoms with van der Waals surface area (Å²) < 4.78 is 51.8. The number of benzene rings is 1. The number of rotatable bonds is 4. The minimum absolute atomic E-state index is 0.0737. The molecule has 1 heterocycles. The van der Waals surface area contributed by atoms with Crippen LogP contribution in [0.2, 0.25) is 0 Å². The summed E-state index contributed by atoms with van der Waals surface area (Å²) >= 11 is 0.662. The van der Waals surface area contributed by atoms with E-state index in [1.165, 1.54) is 12.1 Å². The predicted molar refractivity (Wildman–Crippen MR) is 96.1 cm³/mol. The quantitative estimate of drug-likeness (QED) is 0.432. The number of halogens is 4. The summed E-state index contributed by atoms with van der Waals surface area (Å²) in [7, 11) is 0. The Morgan fingerprint density at radius 2 is 1.81 bits per heavy atom. The van der Waals surface area contributed by atoms with Gasteiger partial charge in [-0.1, -0.05) is 5.57 Å². The molecule has 8 heteroatoms. The molecule has 0 saturated carbocycles. The molecule has 1 aliphatic heterocycles. The zero-order valence-electron chi connectivity index (χ0n) is 15.0. The van der Waals surface area contributed by atoms with Crippen LogP contribution in [0.25, 0.3) is 0 Å². The fourth-order valence-corrected chi connectivity index (χ4v) is 3.51. The molecular weight excluding hydrogens is 368 g/mol. The summed E-state index contributed by atoms with van der Waals surface area (Å²) in [5.41, 5.74) is 1.68. The lowest BCUT2D eigenvalue weighted by atomic mass is 10.1. The van der Waals surface area contributed by atoms with Gasteiger partial charge in [-0.15, -0.1) is 11.8 Å². The van der Waals surface area contributed by atoms with Crippen LogP contribution >= 0.6 is 11.8 Å². The van der Waals surface area contributed by atoms with E-state index in [9.17, 15) is 22.4 Å². The molecule has 0 aromatic heterocycles. The topological polar surface area (TPSA) is 23.6 Å². The van der Waals surface area contributed by atoms with Crippen molar-refractivity contribution in [3.05, 3.63) is 35.2 Å². The maximum Gasteiger partial charge on any atom is 0.398 e. The zero-order chi connectivity index (χ0) is 19.5. The Morgan fingerprint density at radius 1 is 1.19 bits per heavy atom. The largest absolute Gasteiger partial charge is 0.398 e. The van der Waals surface area contributed by atoms with Crippen LogP contribution in [0, 0.1) is 12.7 Å². The Labute approximate surface area is 155 Å². The summed E-state index contributed by atoms with van der Waals surface area (Å²) in [6.07, 6.45) is -2.71. The molecule has 1 aromatic rings. The van der Waals surface area contributed by atoms with E-state index in [1.807, 2.05) is 13.8 Å². The smallest absolute Gasteiger partial charge is 0.366 e. The van der Waals surface area contributed by atoms with Crippen molar-refractivity contribution in [1.29, 1.82) is 0 Å². The van der Waals surface area contributed by atoms with E-state index in [2.05, 4.69) is 0 Å². The Balaban J connectivity index is 2.10. The third-order valence-electron chi connectivity index (χ3n) is 3.98. The van der Waals surface area contributed by atoms with E-state index in [4.69, 9.17) is 0 Å². The van der Waals surface area contributed by atoms with Crippen molar-refractivity contribution >= 4 is 23.4 Å². The number of allylic oxidation sites excluding steroid dienone is 1. The Kier molecular flexibility index (Phi) is 6.60. The zero-order valence-corrected chi connectivity index (χ0v) is 15.8. The van der Waals surface area contributed by atoms with Gasteiger partial charge in [0.1, 0.15) is 5.82 Å². The van der Waals surface area contributed by atoms with Crippen LogP contribution in [0.1, 0.15) is 19.4 Å². The highest BCUT2D eigenvalue weighted by atomic mass is 32.2. The number of hydrogen-bond acceptors (Lipinski definition) is 3. The third-order valence-corrected chi connectivity index (χ3v) is 5.20. The van der Waals surface area contributed by atoms with Crippen LogP contribution in [0.15, 0.2) is 28.7 Å². The molecule has 0 spiro atoms. The summed E-state index contributed by atoms with van der Waals surface area (Å²) in [5, 5.41) is 0. The molecule has 1 aliphatic rings. The lowest BCUT2D eigenvalue weighted by Crippen LogP contribution is -2.48. The van der Waals surface area contributed by atoms with E-state index < -0.39 is 17.7 Å². The number of aryl methyl sites for hydroxylation is 1. The van der Waals surface area contributed by atoms with Crippen molar-refractivity contribution < 1.29 is 22.4 Å². The van der Waals surface area contributed by atoms with Crippen LogP contribution in [0.4, 0.5) is 23.2 Å². The van der Waals surface area contributed by atoms with Gasteiger partial charge in [0.2, 0.25) is 5.91 Å². The number of thioether (sulfide) groups is 1. The van der Waals surface area contributed by atoms with Gasteiger partial charge in [0.05, 0.1) is 11.4 Å². The second-order valence-electron chi connectivity index (χ2n) is 6.51. The monoisotopic (exact) mass is 390 g/mol. The number of anilines is 1. The average molecular weight is 390 g/mol. The number of amides is 1. The fourth-order valence-electron chi connectivity index (χ4n) is 2.71. The van der Waals surface area contributed by atoms with E-state index in [1.54, 1.807) is 22.8 Å². The summed E-state index contributed by atoms with van der Waals surface area (Å²) in [6, 6.07) is 2.75. The van der Waals surface area contributed by atoms with Crippen molar-refractivity contribution in [3.63, 3.8) is 0 Å². The molecule has 1 fully saturated rings. The lowest BCUT2D eigenvalue weighted by Gasteiger charge is -2.36. The van der Waals surface area contributed by atoms with Gasteiger partial charge in [0.25, 0.3) is 0 Å². The minimum atomic E-state index is -4.28. The maximum atomic E-state index is 14.4. The molecule has 0 unspecified atom stereocenters. The number of piperazine rings is 1. The average Bonchev–Trinajstić information content (AvgIpc) is 2.53. The summed E-state index contributed by atoms with van der Waals surface area (Å²) in [4.78, 5) is 15.9. The lowest BCUT2D eigenvalue weighted by molar-refractivity contribution is -0.126. The van der Waals surface area contributed by atoms with Crippen LogP contribution < -0.4 is 4.90 Å². The molecule has 1 amide bonds. The summed E-state index contributed by atoms with van der Waals surface area (Å²) in [5.74, 6) is -1.54. The highest BCUT2D eigenvalue weighted by Crippen LogP contribution is 2.34. The third kappa shape index (κ3) is 5.65. The Morgan fingerprint density at radius 3 is 2.35 bits per heavy atom. The van der Waals surface area contributed by atoms with Crippen LogP contribution in [-0.2, 0) is 4.79 Å². The summed E-state index contributed by atoms with van der Waals surface area (Å²) in [6.45, 7) is 7.05. The first kappa shape index (κ1) is 20.6. The first-order chi connectivity index (χ1) is 12.1. The van der Waals surface area contributed by atoms with Gasteiger partial charge in [0.15, 0.2) is 0 Å². The van der Waals surface area contributed by atoms with Crippen molar-refractivity contribution in [3.8, 4) is 0 Å². The van der Waals surface area contributed by atoms with Gasteiger partial charge < -0.3 is 9.80 Å². The number of hydrogen-bond donors (Lipinski definition) is 0. The number of alkyl halides is 3. The molecule has 0 atom stereocenters. The highest BCUT2D eigenvalue weighted by Gasteiger charge is 2.28. The first-order valence-corrected chi connectivity index (χ1v) is 9.24. The minimum Gasteiger partial charge on any atom is -0.366 e. The van der Waals surface area contributed by atoms with E-state index >= 15 is 0 Å². The van der Waals surface area contributed by atoms with E-state index in [-0.39, 0.29) is 11.6 Å². The molecule has 26 heavy (non-hydrogen) atoms. The fraction of sp³-hybridized carbons (Fsp3) is 0.500. The van der Waals surface area contributed by atoms with Crippen LogP contribution in [-0.4, -0.2) is 48.9 Å². The first-order valence-electron chi connectivity index (χ1n) is 8.25. The van der Waals surface area contributed by atoms with Crippen molar-refractivity contribution in [2.24, 2.45) is 0 Å². The normalized spacial score (nSPS) is 15.2. The molecule has 0 bridgehead atoms. The van der Waals surface area contributed by atoms with Gasteiger partial charge >= 0.3 is 6.18 Å². The number of carbonyl (C=O) groups is 1. The number of nitrogens with zero attached hydrogens (tertiary/aromatic N) is 2. The van der Waals surface area contributed by atoms with Gasteiger partial charge in [-0.2, -0.15) is 13.2 Å². The highest BCUT2D eigenvalue weighted by molar-refractivity contribution is 7.99. The standard InChI is InChI=1S/C18H22F4N2OS/c1-12(2)8-17(25)24-6-4-23(5-7-24)15-10-16(13(3)9-14(15)19)26-11-18(20,21)22/h8-10H,4-7,11H2,1-3H3. The van der Waals surface area contributed by atoms with Gasteiger partial charge in [-0.3, -0.25) is 4.79 Å². The second-order valence-corrected chi connectivity index (χ2v) is 7.52. The van der Waals surface area contributed by atoms with Gasteiger partial charge in [-0.05, 0) is 38.5 Å². The molecule has 144 valence electrons. The molecule has 1 aromatic carbocycles. The van der Waals surface area contributed by atoms with Crippen LogP contribution in [0.3, 0.4) is 0 Å². The molecular formula is C18H22F4N2OS. The van der Waals surface area contributed by atoms with Crippen molar-refractivity contribution in [2.75, 3.05) is 36.8 Å². The Hall–Kier alpha value is -1.70. The molecule has 0 N–H and O–H groups in total. The number of carbonyl (C=O) groups excluding carboxylic acids is 1. The van der Waals surface area contributed by atoms with Crippen molar-refractivity contribution in [1.82, 2.24) is 4.90 Å². The van der Waals surface area contributed by atoms with Gasteiger partial charge in [0, 0.05) is 37.2 Å². The molecule has 0 radical (unpaired) electrons. The predicted octanol–water partition coefficient (Wildman–Crippen LogP) is 4.40. The van der Waals surface area contributed by atoms with E-state index in [0.717, 1.165) is 5.57 Å².